The normalized spacial score (nSPS) is 10.9. The van der Waals surface area contributed by atoms with Gasteiger partial charge in [0.1, 0.15) is 11.4 Å². The van der Waals surface area contributed by atoms with Crippen molar-refractivity contribution in [1.29, 1.82) is 0 Å². The third kappa shape index (κ3) is 4.84. The fourth-order valence-electron chi connectivity index (χ4n) is 3.67. The maximum Gasteiger partial charge on any atom is 0.293 e. The van der Waals surface area contributed by atoms with Crippen molar-refractivity contribution < 1.29 is 19.4 Å². The third-order valence-electron chi connectivity index (χ3n) is 5.56. The Hall–Kier alpha value is -4.45. The molecule has 0 unspecified atom stereocenters. The molecule has 0 radical (unpaired) electrons. The Labute approximate surface area is 209 Å². The lowest BCUT2D eigenvalue weighted by Crippen LogP contribution is -2.16. The van der Waals surface area contributed by atoms with Gasteiger partial charge in [-0.1, -0.05) is 23.9 Å². The molecule has 4 aromatic rings. The number of hydrogen-bond donors (Lipinski definition) is 1. The van der Waals surface area contributed by atoms with Gasteiger partial charge in [-0.05, 0) is 49.2 Å². The van der Waals surface area contributed by atoms with E-state index in [1.165, 1.54) is 25.3 Å². The molecule has 3 aromatic carbocycles. The van der Waals surface area contributed by atoms with E-state index < -0.39 is 15.8 Å². The van der Waals surface area contributed by atoms with Gasteiger partial charge in [0.15, 0.2) is 5.16 Å². The molecule has 1 aromatic heterocycles. The number of para-hydroxylation sites is 2. The van der Waals surface area contributed by atoms with Crippen LogP contribution in [0.1, 0.15) is 11.1 Å². The molecule has 0 saturated heterocycles. The Balaban J connectivity index is 1.68. The van der Waals surface area contributed by atoms with E-state index in [0.717, 1.165) is 22.9 Å². The number of imidazole rings is 1. The molecule has 0 aliphatic carbocycles. The summed E-state index contributed by atoms with van der Waals surface area (Å²) < 4.78 is 7.25. The predicted octanol–water partition coefficient (Wildman–Crippen LogP) is 5.20. The van der Waals surface area contributed by atoms with Crippen LogP contribution in [-0.2, 0) is 4.79 Å². The van der Waals surface area contributed by atoms with Gasteiger partial charge in [0, 0.05) is 18.2 Å². The number of nitrogens with one attached hydrogen (secondary N) is 1. The van der Waals surface area contributed by atoms with E-state index in [9.17, 15) is 25.0 Å². The third-order valence-corrected chi connectivity index (χ3v) is 6.50. The molecule has 0 aliphatic rings. The van der Waals surface area contributed by atoms with Gasteiger partial charge < -0.3 is 10.1 Å². The number of thioether (sulfide) groups is 1. The van der Waals surface area contributed by atoms with Crippen molar-refractivity contribution in [3.8, 4) is 11.4 Å². The number of aryl methyl sites for hydroxylation is 2. The lowest BCUT2D eigenvalue weighted by molar-refractivity contribution is -0.384. The van der Waals surface area contributed by atoms with Crippen molar-refractivity contribution in [2.24, 2.45) is 0 Å². The van der Waals surface area contributed by atoms with Crippen LogP contribution in [0.2, 0.25) is 0 Å². The lowest BCUT2D eigenvalue weighted by atomic mass is 10.1. The average molecular weight is 508 g/mol. The summed E-state index contributed by atoms with van der Waals surface area (Å²) in [5.74, 6) is -0.0202. The van der Waals surface area contributed by atoms with Crippen molar-refractivity contribution in [1.82, 2.24) is 9.55 Å². The first-order valence-corrected chi connectivity index (χ1v) is 11.7. The number of carbonyl (C=O) groups excluding carboxylic acids is 1. The Morgan fingerprint density at radius 2 is 1.78 bits per heavy atom. The standard InChI is InChI=1S/C24H21N5O6S/c1-14-10-17(21(29(33)34)11-15(14)2)25-23(30)13-36-24-26-18-12-16(28(31)32)8-9-19(18)27(24)20-6-4-5-7-22(20)35-3/h4-12H,13H2,1-3H3,(H,25,30). The minimum Gasteiger partial charge on any atom is -0.495 e. The number of carbonyl (C=O) groups is 1. The highest BCUT2D eigenvalue weighted by Crippen LogP contribution is 2.34. The zero-order chi connectivity index (χ0) is 26.0. The van der Waals surface area contributed by atoms with E-state index in [-0.39, 0.29) is 22.8 Å². The van der Waals surface area contributed by atoms with Crippen molar-refractivity contribution in [3.63, 3.8) is 0 Å². The van der Waals surface area contributed by atoms with Crippen LogP contribution in [0.5, 0.6) is 5.75 Å². The second-order valence-electron chi connectivity index (χ2n) is 7.88. The molecule has 4 rings (SSSR count). The van der Waals surface area contributed by atoms with E-state index in [4.69, 9.17) is 4.74 Å². The van der Waals surface area contributed by atoms with Gasteiger partial charge >= 0.3 is 0 Å². The van der Waals surface area contributed by atoms with Crippen LogP contribution in [-0.4, -0.2) is 38.2 Å². The quantitative estimate of drug-likeness (QED) is 0.195. The van der Waals surface area contributed by atoms with Gasteiger partial charge in [-0.15, -0.1) is 0 Å². The minimum atomic E-state index is -0.538. The number of nitrogens with zero attached hydrogens (tertiary/aromatic N) is 4. The molecular formula is C24H21N5O6S. The highest BCUT2D eigenvalue weighted by molar-refractivity contribution is 7.99. The smallest absolute Gasteiger partial charge is 0.293 e. The van der Waals surface area contributed by atoms with Gasteiger partial charge in [0.25, 0.3) is 11.4 Å². The fourth-order valence-corrected chi connectivity index (χ4v) is 4.49. The molecule has 0 fully saturated rings. The number of fused-ring (bicyclic) bond motifs is 1. The van der Waals surface area contributed by atoms with Crippen LogP contribution < -0.4 is 10.1 Å². The number of benzene rings is 3. The topological polar surface area (TPSA) is 142 Å². The highest BCUT2D eigenvalue weighted by atomic mass is 32.2. The molecule has 1 heterocycles. The Bertz CT molecular complexity index is 1520. The second-order valence-corrected chi connectivity index (χ2v) is 8.82. The number of non-ortho nitro benzene ring substituents is 1. The molecule has 1 amide bonds. The molecule has 0 saturated carbocycles. The number of ether oxygens (including phenoxy) is 1. The van der Waals surface area contributed by atoms with E-state index >= 15 is 0 Å². The Morgan fingerprint density at radius 1 is 1.06 bits per heavy atom. The predicted molar refractivity (Wildman–Crippen MR) is 136 cm³/mol. The van der Waals surface area contributed by atoms with E-state index in [0.29, 0.717) is 27.6 Å². The molecule has 184 valence electrons. The number of rotatable bonds is 8. The number of aromatic nitrogens is 2. The SMILES string of the molecule is COc1ccccc1-n1c(SCC(=O)Nc2cc(C)c(C)cc2[N+](=O)[O-])nc2cc([N+](=O)[O-])ccc21. The summed E-state index contributed by atoms with van der Waals surface area (Å²) in [6.45, 7) is 3.56. The van der Waals surface area contributed by atoms with Crippen molar-refractivity contribution in [2.45, 2.75) is 19.0 Å². The summed E-state index contributed by atoms with van der Waals surface area (Å²) in [6.07, 6.45) is 0. The van der Waals surface area contributed by atoms with Crippen molar-refractivity contribution in [3.05, 3.63) is 86.0 Å². The van der Waals surface area contributed by atoms with Crippen molar-refractivity contribution in [2.75, 3.05) is 18.2 Å². The maximum atomic E-state index is 12.8. The first-order chi connectivity index (χ1) is 17.2. The van der Waals surface area contributed by atoms with Gasteiger partial charge in [0.2, 0.25) is 5.91 Å². The van der Waals surface area contributed by atoms with Gasteiger partial charge in [-0.25, -0.2) is 4.98 Å². The number of nitro groups is 2. The molecule has 11 nitrogen and oxygen atoms in total. The first kappa shape index (κ1) is 24.7. The highest BCUT2D eigenvalue weighted by Gasteiger charge is 2.21. The number of anilines is 1. The molecule has 0 spiro atoms. The molecule has 36 heavy (non-hydrogen) atoms. The molecule has 0 atom stereocenters. The molecular weight excluding hydrogens is 486 g/mol. The van der Waals surface area contributed by atoms with Crippen LogP contribution in [0.15, 0.2) is 59.8 Å². The first-order valence-electron chi connectivity index (χ1n) is 10.7. The van der Waals surface area contributed by atoms with Crippen molar-refractivity contribution >= 4 is 45.8 Å². The Kier molecular flexibility index (Phi) is 6.88. The summed E-state index contributed by atoms with van der Waals surface area (Å²) in [5.41, 5.74) is 2.98. The summed E-state index contributed by atoms with van der Waals surface area (Å²) in [5, 5.41) is 25.7. The monoisotopic (exact) mass is 507 g/mol. The van der Waals surface area contributed by atoms with Crippen LogP contribution >= 0.6 is 11.8 Å². The van der Waals surface area contributed by atoms with Gasteiger partial charge in [0.05, 0.1) is 39.4 Å². The van der Waals surface area contributed by atoms with Gasteiger partial charge in [-0.2, -0.15) is 0 Å². The largest absolute Gasteiger partial charge is 0.495 e. The second kappa shape index (κ2) is 10.0. The van der Waals surface area contributed by atoms with Crippen LogP contribution in [0.3, 0.4) is 0 Å². The lowest BCUT2D eigenvalue weighted by Gasteiger charge is -2.13. The minimum absolute atomic E-state index is 0.107. The van der Waals surface area contributed by atoms with Gasteiger partial charge in [-0.3, -0.25) is 29.6 Å². The number of methoxy groups -OCH3 is 1. The van der Waals surface area contributed by atoms with Crippen LogP contribution in [0.4, 0.5) is 17.1 Å². The number of nitro benzene ring substituents is 2. The fraction of sp³-hybridized carbons (Fsp3) is 0.167. The number of amides is 1. The summed E-state index contributed by atoms with van der Waals surface area (Å²) in [4.78, 5) is 39.0. The summed E-state index contributed by atoms with van der Waals surface area (Å²) in [7, 11) is 1.53. The molecule has 0 bridgehead atoms. The van der Waals surface area contributed by atoms with E-state index in [2.05, 4.69) is 10.3 Å². The van der Waals surface area contributed by atoms with E-state index in [1.807, 2.05) is 18.2 Å². The van der Waals surface area contributed by atoms with Crippen LogP contribution in [0, 0.1) is 34.1 Å². The van der Waals surface area contributed by atoms with Crippen LogP contribution in [0.25, 0.3) is 16.7 Å². The summed E-state index contributed by atoms with van der Waals surface area (Å²) >= 11 is 1.09. The van der Waals surface area contributed by atoms with E-state index in [1.54, 1.807) is 36.6 Å². The molecule has 1 N–H and O–H groups in total. The maximum absolute atomic E-state index is 12.8. The number of hydrogen-bond acceptors (Lipinski definition) is 8. The average Bonchev–Trinajstić information content (AvgIpc) is 3.22. The zero-order valence-electron chi connectivity index (χ0n) is 19.5. The summed E-state index contributed by atoms with van der Waals surface area (Å²) in [6, 6.07) is 14.5. The molecule has 0 aliphatic heterocycles. The molecule has 12 heteroatoms. The zero-order valence-corrected chi connectivity index (χ0v) is 20.4. The Morgan fingerprint density at radius 3 is 2.47 bits per heavy atom.